The fraction of sp³-hybridized carbons (Fsp3) is 0.200. The number of aromatic nitrogens is 2. The van der Waals surface area contributed by atoms with E-state index < -0.39 is 24.5 Å². The maximum atomic E-state index is 12.2. The minimum Gasteiger partial charge on any atom is -0.468 e. The van der Waals surface area contributed by atoms with Gasteiger partial charge in [-0.3, -0.25) is 14.2 Å². The minimum absolute atomic E-state index is 0.283. The van der Waals surface area contributed by atoms with Crippen LogP contribution in [0.4, 0.5) is 0 Å². The van der Waals surface area contributed by atoms with E-state index in [1.165, 1.54) is 7.11 Å². The predicted molar refractivity (Wildman–Crippen MR) is 101 cm³/mol. The Bertz CT molecular complexity index is 1030. The highest BCUT2D eigenvalue weighted by Crippen LogP contribution is 2.22. The van der Waals surface area contributed by atoms with Gasteiger partial charge in [0.25, 0.3) is 5.91 Å². The molecule has 8 nitrogen and oxygen atoms in total. The van der Waals surface area contributed by atoms with Crippen LogP contribution in [0.5, 0.6) is 0 Å². The lowest BCUT2D eigenvalue weighted by atomic mass is 10.2. The second-order valence-electron chi connectivity index (χ2n) is 5.96. The first-order chi connectivity index (χ1) is 13.5. The largest absolute Gasteiger partial charge is 0.468 e. The van der Waals surface area contributed by atoms with Gasteiger partial charge in [0, 0.05) is 5.69 Å². The van der Waals surface area contributed by atoms with Crippen LogP contribution < -0.4 is 5.32 Å². The smallest absolute Gasteiger partial charge is 0.338 e. The van der Waals surface area contributed by atoms with Crippen LogP contribution in [0.1, 0.15) is 16.2 Å². The Labute approximate surface area is 161 Å². The summed E-state index contributed by atoms with van der Waals surface area (Å²) in [6.45, 7) is 1.11. The van der Waals surface area contributed by atoms with Crippen LogP contribution in [0, 0.1) is 6.92 Å². The first-order valence-electron chi connectivity index (χ1n) is 8.54. The van der Waals surface area contributed by atoms with Crippen molar-refractivity contribution < 1.29 is 23.9 Å². The summed E-state index contributed by atoms with van der Waals surface area (Å²) in [5.74, 6) is -1.05. The molecule has 1 N–H and O–H groups in total. The number of rotatable bonds is 6. The number of carbonyl (C=O) groups is 3. The van der Waals surface area contributed by atoms with Gasteiger partial charge in [-0.05, 0) is 37.3 Å². The Morgan fingerprint density at radius 1 is 1.11 bits per heavy atom. The normalized spacial score (nSPS) is 10.5. The number of benzene rings is 2. The van der Waals surface area contributed by atoms with E-state index >= 15 is 0 Å². The molecule has 8 heteroatoms. The summed E-state index contributed by atoms with van der Waals surface area (Å²) in [6.07, 6.45) is 0. The molecule has 0 saturated carbocycles. The van der Waals surface area contributed by atoms with E-state index in [9.17, 15) is 14.4 Å². The van der Waals surface area contributed by atoms with Crippen LogP contribution in [0.25, 0.3) is 16.7 Å². The van der Waals surface area contributed by atoms with Crippen molar-refractivity contribution in [2.75, 3.05) is 20.3 Å². The first-order valence-corrected chi connectivity index (χ1v) is 8.54. The van der Waals surface area contributed by atoms with Gasteiger partial charge in [0.2, 0.25) is 0 Å². The second kappa shape index (κ2) is 8.34. The Hall–Kier alpha value is -3.68. The number of hydrogen-bond donors (Lipinski definition) is 1. The summed E-state index contributed by atoms with van der Waals surface area (Å²) in [5.41, 5.74) is 2.76. The van der Waals surface area contributed by atoms with Gasteiger partial charge in [-0.2, -0.15) is 0 Å². The summed E-state index contributed by atoms with van der Waals surface area (Å²) in [6, 6.07) is 14.8. The topological polar surface area (TPSA) is 99.5 Å². The molecule has 0 unspecified atom stereocenters. The molecule has 0 saturated heterocycles. The van der Waals surface area contributed by atoms with E-state index in [-0.39, 0.29) is 12.1 Å². The van der Waals surface area contributed by atoms with Crippen LogP contribution in [0.3, 0.4) is 0 Å². The van der Waals surface area contributed by atoms with Crippen molar-refractivity contribution in [3.63, 3.8) is 0 Å². The van der Waals surface area contributed by atoms with Gasteiger partial charge in [0.05, 0.1) is 23.7 Å². The molecule has 1 heterocycles. The zero-order chi connectivity index (χ0) is 20.1. The zero-order valence-electron chi connectivity index (χ0n) is 15.5. The minimum atomic E-state index is -0.651. The standard InChI is InChI=1S/C20H19N3O5/c1-13-22-16-10-14(20(26)28-12-18(24)21-11-19(25)27-2)8-9-17(16)23(13)15-6-4-3-5-7-15/h3-10H,11-12H2,1-2H3,(H,21,24). The van der Waals surface area contributed by atoms with Crippen molar-refractivity contribution in [1.82, 2.24) is 14.9 Å². The van der Waals surface area contributed by atoms with Crippen LogP contribution in [-0.2, 0) is 19.1 Å². The van der Waals surface area contributed by atoms with Crippen molar-refractivity contribution >= 4 is 28.9 Å². The van der Waals surface area contributed by atoms with Gasteiger partial charge < -0.3 is 14.8 Å². The molecule has 0 aliphatic heterocycles. The number of nitrogens with zero attached hydrogens (tertiary/aromatic N) is 2. The molecule has 0 aliphatic rings. The van der Waals surface area contributed by atoms with E-state index in [1.807, 2.05) is 41.8 Å². The summed E-state index contributed by atoms with van der Waals surface area (Å²) in [5, 5.41) is 2.29. The number of esters is 2. The van der Waals surface area contributed by atoms with Crippen LogP contribution in [0.15, 0.2) is 48.5 Å². The van der Waals surface area contributed by atoms with Gasteiger partial charge in [-0.25, -0.2) is 9.78 Å². The molecule has 0 radical (unpaired) electrons. The number of aryl methyl sites for hydroxylation is 1. The Morgan fingerprint density at radius 3 is 2.57 bits per heavy atom. The molecule has 0 fully saturated rings. The lowest BCUT2D eigenvalue weighted by molar-refractivity contribution is -0.141. The quantitative estimate of drug-likeness (QED) is 0.654. The molecule has 0 spiro atoms. The van der Waals surface area contributed by atoms with Gasteiger partial charge in [0.1, 0.15) is 12.4 Å². The number of carbonyl (C=O) groups excluding carboxylic acids is 3. The average Bonchev–Trinajstić information content (AvgIpc) is 3.05. The Morgan fingerprint density at radius 2 is 1.86 bits per heavy atom. The maximum Gasteiger partial charge on any atom is 0.338 e. The van der Waals surface area contributed by atoms with Crippen LogP contribution >= 0.6 is 0 Å². The van der Waals surface area contributed by atoms with Crippen molar-refractivity contribution in [3.8, 4) is 5.69 Å². The number of nitrogens with one attached hydrogen (secondary N) is 1. The van der Waals surface area contributed by atoms with Crippen molar-refractivity contribution in [1.29, 1.82) is 0 Å². The molecule has 1 aromatic heterocycles. The maximum absolute atomic E-state index is 12.2. The van der Waals surface area contributed by atoms with Crippen molar-refractivity contribution in [2.24, 2.45) is 0 Å². The third-order valence-corrected chi connectivity index (χ3v) is 4.06. The van der Waals surface area contributed by atoms with Gasteiger partial charge >= 0.3 is 11.9 Å². The fourth-order valence-electron chi connectivity index (χ4n) is 2.74. The molecule has 1 amide bonds. The van der Waals surface area contributed by atoms with E-state index in [0.717, 1.165) is 17.0 Å². The highest BCUT2D eigenvalue weighted by Gasteiger charge is 2.15. The molecule has 28 heavy (non-hydrogen) atoms. The van der Waals surface area contributed by atoms with Gasteiger partial charge in [-0.1, -0.05) is 18.2 Å². The second-order valence-corrected chi connectivity index (χ2v) is 5.96. The number of para-hydroxylation sites is 1. The Balaban J connectivity index is 1.72. The molecule has 3 rings (SSSR count). The van der Waals surface area contributed by atoms with Crippen LogP contribution in [-0.4, -0.2) is 47.7 Å². The highest BCUT2D eigenvalue weighted by atomic mass is 16.5. The average molecular weight is 381 g/mol. The van der Waals surface area contributed by atoms with E-state index in [2.05, 4.69) is 15.0 Å². The zero-order valence-corrected chi connectivity index (χ0v) is 15.5. The molecule has 144 valence electrons. The Kier molecular flexibility index (Phi) is 5.69. The predicted octanol–water partition coefficient (Wildman–Crippen LogP) is 1.78. The molecule has 3 aromatic rings. The summed E-state index contributed by atoms with van der Waals surface area (Å²) in [7, 11) is 1.21. The van der Waals surface area contributed by atoms with Gasteiger partial charge in [0.15, 0.2) is 6.61 Å². The number of hydrogen-bond acceptors (Lipinski definition) is 6. The number of imidazole rings is 1. The van der Waals surface area contributed by atoms with Gasteiger partial charge in [-0.15, -0.1) is 0 Å². The first kappa shape index (κ1) is 19.1. The monoisotopic (exact) mass is 381 g/mol. The number of ether oxygens (including phenoxy) is 2. The molecule has 0 bridgehead atoms. The molecule has 2 aromatic carbocycles. The third-order valence-electron chi connectivity index (χ3n) is 4.06. The van der Waals surface area contributed by atoms with E-state index in [4.69, 9.17) is 4.74 Å². The van der Waals surface area contributed by atoms with Crippen molar-refractivity contribution in [2.45, 2.75) is 6.92 Å². The highest BCUT2D eigenvalue weighted by molar-refractivity contribution is 5.95. The van der Waals surface area contributed by atoms with Crippen LogP contribution in [0.2, 0.25) is 0 Å². The molecule has 0 aliphatic carbocycles. The van der Waals surface area contributed by atoms with E-state index in [0.29, 0.717) is 5.52 Å². The summed E-state index contributed by atoms with van der Waals surface area (Å²) >= 11 is 0. The lowest BCUT2D eigenvalue weighted by Crippen LogP contribution is -2.33. The number of methoxy groups -OCH3 is 1. The van der Waals surface area contributed by atoms with Crippen molar-refractivity contribution in [3.05, 3.63) is 59.9 Å². The molecule has 0 atom stereocenters. The van der Waals surface area contributed by atoms with E-state index in [1.54, 1.807) is 18.2 Å². The fourth-order valence-corrected chi connectivity index (χ4v) is 2.74. The summed E-state index contributed by atoms with van der Waals surface area (Å²) in [4.78, 5) is 39.3. The number of amides is 1. The molecular weight excluding hydrogens is 362 g/mol. The summed E-state index contributed by atoms with van der Waals surface area (Å²) < 4.78 is 11.4. The molecular formula is C20H19N3O5. The lowest BCUT2D eigenvalue weighted by Gasteiger charge is -2.07. The SMILES string of the molecule is COC(=O)CNC(=O)COC(=O)c1ccc2c(c1)nc(C)n2-c1ccccc1. The third kappa shape index (κ3) is 4.17. The number of fused-ring (bicyclic) bond motifs is 1.